The van der Waals surface area contributed by atoms with Crippen molar-refractivity contribution in [2.75, 3.05) is 0 Å². The Morgan fingerprint density at radius 2 is 1.90 bits per heavy atom. The van der Waals surface area contributed by atoms with Crippen molar-refractivity contribution in [1.82, 2.24) is 9.97 Å². The quantitative estimate of drug-likeness (QED) is 0.756. The number of aromatic nitrogens is 2. The van der Waals surface area contributed by atoms with Crippen LogP contribution in [0.2, 0.25) is 0 Å². The van der Waals surface area contributed by atoms with E-state index in [2.05, 4.69) is 15.0 Å². The number of hydrogen-bond donors (Lipinski definition) is 0. The van der Waals surface area contributed by atoms with Crippen molar-refractivity contribution in [1.29, 1.82) is 0 Å². The second kappa shape index (κ2) is 4.91. The van der Waals surface area contributed by atoms with Gasteiger partial charge in [0.1, 0.15) is 5.82 Å². The second-order valence-electron chi connectivity index (χ2n) is 4.56. The minimum atomic E-state index is -4.58. The number of hydrogen-bond acceptors (Lipinski definition) is 3. The Kier molecular flexibility index (Phi) is 3.19. The number of fused-ring (bicyclic) bond motifs is 1. The standard InChI is InChI=1S/C14H9F4N3/c15-9-3-1-2-8(6-9)13-20-11-7-19-5-4-10(11)12(21-13)14(16,17)18/h1-3,5-6H,4,7H2. The minimum Gasteiger partial charge on any atom is -0.291 e. The molecule has 0 fully saturated rings. The van der Waals surface area contributed by atoms with Gasteiger partial charge in [0, 0.05) is 23.8 Å². The molecule has 0 amide bonds. The van der Waals surface area contributed by atoms with E-state index in [9.17, 15) is 17.6 Å². The van der Waals surface area contributed by atoms with E-state index >= 15 is 0 Å². The summed E-state index contributed by atoms with van der Waals surface area (Å²) in [6.07, 6.45) is -3.11. The zero-order valence-corrected chi connectivity index (χ0v) is 10.7. The fourth-order valence-corrected chi connectivity index (χ4v) is 2.17. The summed E-state index contributed by atoms with van der Waals surface area (Å²) in [4.78, 5) is 11.6. The highest BCUT2D eigenvalue weighted by Crippen LogP contribution is 2.34. The molecule has 3 nitrogen and oxygen atoms in total. The van der Waals surface area contributed by atoms with Crippen LogP contribution in [0.15, 0.2) is 29.3 Å². The van der Waals surface area contributed by atoms with E-state index in [1.165, 1.54) is 24.4 Å². The lowest BCUT2D eigenvalue weighted by atomic mass is 10.0. The van der Waals surface area contributed by atoms with Gasteiger partial charge >= 0.3 is 6.18 Å². The van der Waals surface area contributed by atoms with Crippen molar-refractivity contribution in [2.45, 2.75) is 19.1 Å². The first-order valence-electron chi connectivity index (χ1n) is 6.16. The first-order valence-corrected chi connectivity index (χ1v) is 6.16. The SMILES string of the molecule is Fc1cccc(-c2nc3c(c(C(F)(F)F)n2)CC=NC3)c1. The predicted octanol–water partition coefficient (Wildman–Crippen LogP) is 3.43. The number of aliphatic imine (C=N–C) groups is 1. The third-order valence-electron chi connectivity index (χ3n) is 3.11. The lowest BCUT2D eigenvalue weighted by Crippen LogP contribution is -2.18. The highest BCUT2D eigenvalue weighted by Gasteiger charge is 2.37. The third kappa shape index (κ3) is 2.63. The molecular weight excluding hydrogens is 286 g/mol. The average Bonchev–Trinajstić information content (AvgIpc) is 2.45. The molecular formula is C14H9F4N3. The van der Waals surface area contributed by atoms with Crippen LogP contribution in [-0.4, -0.2) is 16.2 Å². The molecule has 0 saturated carbocycles. The molecule has 21 heavy (non-hydrogen) atoms. The Morgan fingerprint density at radius 1 is 1.10 bits per heavy atom. The maximum Gasteiger partial charge on any atom is 0.433 e. The molecule has 2 heterocycles. The zero-order chi connectivity index (χ0) is 15.0. The number of halogens is 4. The summed E-state index contributed by atoms with van der Waals surface area (Å²) in [5.74, 6) is -0.696. The molecule has 0 N–H and O–H groups in total. The minimum absolute atomic E-state index is 0.0395. The fraction of sp³-hybridized carbons (Fsp3) is 0.214. The summed E-state index contributed by atoms with van der Waals surface area (Å²) in [7, 11) is 0. The van der Waals surface area contributed by atoms with E-state index in [1.807, 2.05) is 0 Å². The van der Waals surface area contributed by atoms with Gasteiger partial charge in [-0.2, -0.15) is 13.2 Å². The third-order valence-corrected chi connectivity index (χ3v) is 3.11. The molecule has 0 bridgehead atoms. The van der Waals surface area contributed by atoms with E-state index in [0.717, 1.165) is 6.07 Å². The highest BCUT2D eigenvalue weighted by atomic mass is 19.4. The normalized spacial score (nSPS) is 14.1. The smallest absolute Gasteiger partial charge is 0.291 e. The summed E-state index contributed by atoms with van der Waals surface area (Å²) < 4.78 is 52.7. The maximum absolute atomic E-state index is 13.2. The van der Waals surface area contributed by atoms with Gasteiger partial charge in [0.05, 0.1) is 12.2 Å². The van der Waals surface area contributed by atoms with Crippen LogP contribution in [0.25, 0.3) is 11.4 Å². The summed E-state index contributed by atoms with van der Waals surface area (Å²) in [5, 5.41) is 0. The van der Waals surface area contributed by atoms with Crippen LogP contribution in [0.1, 0.15) is 17.0 Å². The van der Waals surface area contributed by atoms with E-state index in [4.69, 9.17) is 0 Å². The number of benzene rings is 1. The van der Waals surface area contributed by atoms with E-state index in [-0.39, 0.29) is 35.6 Å². The molecule has 0 saturated heterocycles. The topological polar surface area (TPSA) is 38.1 Å². The fourth-order valence-electron chi connectivity index (χ4n) is 2.17. The molecule has 1 aliphatic heterocycles. The van der Waals surface area contributed by atoms with Crippen LogP contribution in [0.3, 0.4) is 0 Å². The van der Waals surface area contributed by atoms with Crippen LogP contribution in [-0.2, 0) is 19.1 Å². The van der Waals surface area contributed by atoms with Crippen molar-refractivity contribution in [3.05, 3.63) is 47.0 Å². The maximum atomic E-state index is 13.2. The molecule has 0 spiro atoms. The molecule has 2 aromatic rings. The van der Waals surface area contributed by atoms with Gasteiger partial charge < -0.3 is 0 Å². The first-order chi connectivity index (χ1) is 9.95. The van der Waals surface area contributed by atoms with Gasteiger partial charge in [-0.05, 0) is 12.1 Å². The Hall–Kier alpha value is -2.31. The van der Waals surface area contributed by atoms with Gasteiger partial charge in [-0.1, -0.05) is 12.1 Å². The summed E-state index contributed by atoms with van der Waals surface area (Å²) in [6, 6.07) is 5.18. The average molecular weight is 295 g/mol. The van der Waals surface area contributed by atoms with Crippen molar-refractivity contribution in [2.24, 2.45) is 4.99 Å². The van der Waals surface area contributed by atoms with Crippen LogP contribution >= 0.6 is 0 Å². The first kappa shape index (κ1) is 13.7. The van der Waals surface area contributed by atoms with Gasteiger partial charge in [0.2, 0.25) is 0 Å². The zero-order valence-electron chi connectivity index (χ0n) is 10.7. The predicted molar refractivity (Wildman–Crippen MR) is 68.3 cm³/mol. The molecule has 3 rings (SSSR count). The van der Waals surface area contributed by atoms with Gasteiger partial charge in [0.25, 0.3) is 0 Å². The Balaban J connectivity index is 2.20. The van der Waals surface area contributed by atoms with Gasteiger partial charge in [-0.25, -0.2) is 14.4 Å². The second-order valence-corrected chi connectivity index (χ2v) is 4.56. The molecule has 1 aromatic heterocycles. The van der Waals surface area contributed by atoms with Gasteiger partial charge in [-0.3, -0.25) is 4.99 Å². The van der Waals surface area contributed by atoms with Crippen molar-refractivity contribution in [3.63, 3.8) is 0 Å². The molecule has 0 aliphatic carbocycles. The van der Waals surface area contributed by atoms with Gasteiger partial charge in [0.15, 0.2) is 11.5 Å². The van der Waals surface area contributed by atoms with Crippen LogP contribution < -0.4 is 0 Å². The molecule has 0 radical (unpaired) electrons. The lowest BCUT2D eigenvalue weighted by Gasteiger charge is -2.17. The molecule has 1 aromatic carbocycles. The van der Waals surface area contributed by atoms with E-state index < -0.39 is 17.7 Å². The van der Waals surface area contributed by atoms with E-state index in [0.29, 0.717) is 0 Å². The Labute approximate surface area is 117 Å². The Morgan fingerprint density at radius 3 is 2.62 bits per heavy atom. The van der Waals surface area contributed by atoms with Crippen molar-refractivity contribution in [3.8, 4) is 11.4 Å². The summed E-state index contributed by atoms with van der Waals surface area (Å²) >= 11 is 0. The molecule has 7 heteroatoms. The van der Waals surface area contributed by atoms with Gasteiger partial charge in [-0.15, -0.1) is 0 Å². The van der Waals surface area contributed by atoms with Crippen LogP contribution in [0.4, 0.5) is 17.6 Å². The van der Waals surface area contributed by atoms with Crippen molar-refractivity contribution < 1.29 is 17.6 Å². The molecule has 1 aliphatic rings. The number of rotatable bonds is 1. The van der Waals surface area contributed by atoms with E-state index in [1.54, 1.807) is 0 Å². The molecule has 0 atom stereocenters. The molecule has 0 unspecified atom stereocenters. The summed E-state index contributed by atoms with van der Waals surface area (Å²) in [5.41, 5.74) is -0.493. The number of alkyl halides is 3. The lowest BCUT2D eigenvalue weighted by molar-refractivity contribution is -0.141. The highest BCUT2D eigenvalue weighted by molar-refractivity contribution is 5.66. The largest absolute Gasteiger partial charge is 0.433 e. The monoisotopic (exact) mass is 295 g/mol. The number of nitrogens with zero attached hydrogens (tertiary/aromatic N) is 3. The Bertz CT molecular complexity index is 723. The van der Waals surface area contributed by atoms with Crippen molar-refractivity contribution >= 4 is 6.21 Å². The summed E-state index contributed by atoms with van der Waals surface area (Å²) in [6.45, 7) is 0.0727. The van der Waals surface area contributed by atoms with Crippen LogP contribution in [0.5, 0.6) is 0 Å². The molecule has 108 valence electrons. The van der Waals surface area contributed by atoms with Crippen LogP contribution in [0, 0.1) is 5.82 Å².